The standard InChI is InChI=1S/C19H24N4O3/c1-2-25-19(24)18-15(9-21-22-18)16-10-20-12-23(16)11-13-5-6-17-14(8-13)4-3-7-26-17/h5-6,8,10,12,15,18,21-22H,2-4,7,9,11H2,1H3. The van der Waals surface area contributed by atoms with Crippen molar-refractivity contribution in [1.29, 1.82) is 0 Å². The van der Waals surface area contributed by atoms with Crippen LogP contribution in [-0.2, 0) is 22.5 Å². The Kier molecular flexibility index (Phi) is 4.90. The van der Waals surface area contributed by atoms with Gasteiger partial charge in [0.2, 0.25) is 0 Å². The zero-order valence-electron chi connectivity index (χ0n) is 14.9. The number of imidazole rings is 1. The molecular weight excluding hydrogens is 332 g/mol. The minimum absolute atomic E-state index is 0.0162. The molecule has 2 aliphatic heterocycles. The molecule has 2 N–H and O–H groups in total. The molecule has 0 amide bonds. The molecule has 0 radical (unpaired) electrons. The van der Waals surface area contributed by atoms with Crippen molar-refractivity contribution < 1.29 is 14.3 Å². The van der Waals surface area contributed by atoms with Crippen molar-refractivity contribution in [2.75, 3.05) is 19.8 Å². The van der Waals surface area contributed by atoms with Gasteiger partial charge in [-0.3, -0.25) is 10.2 Å². The van der Waals surface area contributed by atoms with Crippen LogP contribution in [-0.4, -0.2) is 41.3 Å². The lowest BCUT2D eigenvalue weighted by Crippen LogP contribution is -2.39. The summed E-state index contributed by atoms with van der Waals surface area (Å²) < 4.78 is 13.0. The van der Waals surface area contributed by atoms with Crippen LogP contribution in [0.15, 0.2) is 30.7 Å². The van der Waals surface area contributed by atoms with Crippen LogP contribution in [0, 0.1) is 0 Å². The van der Waals surface area contributed by atoms with Crippen molar-refractivity contribution in [3.8, 4) is 5.75 Å². The SMILES string of the molecule is CCOC(=O)C1NNCC1c1cncn1Cc1ccc2c(c1)CCCO2. The second-order valence-electron chi connectivity index (χ2n) is 6.70. The van der Waals surface area contributed by atoms with Gasteiger partial charge in [0, 0.05) is 30.9 Å². The first-order valence-corrected chi connectivity index (χ1v) is 9.16. The Hall–Kier alpha value is -2.38. The first-order chi connectivity index (χ1) is 12.8. The van der Waals surface area contributed by atoms with Crippen molar-refractivity contribution in [1.82, 2.24) is 20.4 Å². The largest absolute Gasteiger partial charge is 0.493 e. The minimum Gasteiger partial charge on any atom is -0.493 e. The van der Waals surface area contributed by atoms with E-state index in [0.29, 0.717) is 19.7 Å². The molecule has 1 aromatic heterocycles. The number of nitrogens with zero attached hydrogens (tertiary/aromatic N) is 2. The number of aromatic nitrogens is 2. The molecule has 0 spiro atoms. The van der Waals surface area contributed by atoms with Crippen molar-refractivity contribution in [3.05, 3.63) is 47.5 Å². The van der Waals surface area contributed by atoms with Crippen LogP contribution < -0.4 is 15.6 Å². The molecule has 0 bridgehead atoms. The van der Waals surface area contributed by atoms with E-state index in [-0.39, 0.29) is 11.9 Å². The summed E-state index contributed by atoms with van der Waals surface area (Å²) >= 11 is 0. The van der Waals surface area contributed by atoms with Crippen molar-refractivity contribution in [3.63, 3.8) is 0 Å². The number of fused-ring (bicyclic) bond motifs is 1. The molecule has 0 aliphatic carbocycles. The summed E-state index contributed by atoms with van der Waals surface area (Å²) in [4.78, 5) is 16.5. The monoisotopic (exact) mass is 356 g/mol. The first-order valence-electron chi connectivity index (χ1n) is 9.16. The van der Waals surface area contributed by atoms with E-state index in [4.69, 9.17) is 9.47 Å². The molecule has 0 saturated carbocycles. The summed E-state index contributed by atoms with van der Waals surface area (Å²) in [5.41, 5.74) is 9.60. The third kappa shape index (κ3) is 3.32. The predicted octanol–water partition coefficient (Wildman–Crippen LogP) is 1.38. The summed E-state index contributed by atoms with van der Waals surface area (Å²) in [6, 6.07) is 5.97. The smallest absolute Gasteiger partial charge is 0.325 e. The minimum atomic E-state index is -0.401. The van der Waals surface area contributed by atoms with E-state index < -0.39 is 6.04 Å². The lowest BCUT2D eigenvalue weighted by Gasteiger charge is -2.20. The molecule has 2 unspecified atom stereocenters. The van der Waals surface area contributed by atoms with Gasteiger partial charge in [-0.1, -0.05) is 12.1 Å². The Labute approximate surface area is 152 Å². The van der Waals surface area contributed by atoms with E-state index in [2.05, 4.69) is 38.6 Å². The van der Waals surface area contributed by atoms with E-state index in [1.165, 1.54) is 11.1 Å². The van der Waals surface area contributed by atoms with Gasteiger partial charge in [-0.15, -0.1) is 0 Å². The van der Waals surface area contributed by atoms with Gasteiger partial charge < -0.3 is 14.0 Å². The Morgan fingerprint density at radius 3 is 3.27 bits per heavy atom. The number of hydrogen-bond donors (Lipinski definition) is 2. The molecule has 2 atom stereocenters. The molecule has 1 fully saturated rings. The highest BCUT2D eigenvalue weighted by Crippen LogP contribution is 2.27. The highest BCUT2D eigenvalue weighted by Gasteiger charge is 2.36. The maximum Gasteiger partial charge on any atom is 0.325 e. The third-order valence-electron chi connectivity index (χ3n) is 4.97. The normalized spacial score (nSPS) is 21.9. The molecule has 26 heavy (non-hydrogen) atoms. The molecule has 3 heterocycles. The summed E-state index contributed by atoms with van der Waals surface area (Å²) in [6.07, 6.45) is 5.79. The van der Waals surface area contributed by atoms with Gasteiger partial charge in [0.05, 0.1) is 19.5 Å². The van der Waals surface area contributed by atoms with Gasteiger partial charge in [0.1, 0.15) is 11.8 Å². The van der Waals surface area contributed by atoms with Gasteiger partial charge >= 0.3 is 5.97 Å². The van der Waals surface area contributed by atoms with E-state index in [1.54, 1.807) is 0 Å². The van der Waals surface area contributed by atoms with Crippen molar-refractivity contribution in [2.45, 2.75) is 38.3 Å². The average Bonchev–Trinajstić information content (AvgIpc) is 3.30. The summed E-state index contributed by atoms with van der Waals surface area (Å²) in [5.74, 6) is 0.746. The molecule has 4 rings (SSSR count). The predicted molar refractivity (Wildman–Crippen MR) is 95.9 cm³/mol. The molecular formula is C19H24N4O3. The third-order valence-corrected chi connectivity index (χ3v) is 4.97. The van der Waals surface area contributed by atoms with Crippen LogP contribution in [0.5, 0.6) is 5.75 Å². The molecule has 7 heteroatoms. The van der Waals surface area contributed by atoms with Crippen LogP contribution in [0.2, 0.25) is 0 Å². The van der Waals surface area contributed by atoms with Crippen molar-refractivity contribution in [2.24, 2.45) is 0 Å². The Bertz CT molecular complexity index is 789. The fourth-order valence-corrected chi connectivity index (χ4v) is 3.71. The van der Waals surface area contributed by atoms with Gasteiger partial charge in [-0.2, -0.15) is 0 Å². The number of nitrogens with one attached hydrogen (secondary N) is 2. The number of benzene rings is 1. The maximum atomic E-state index is 12.2. The molecule has 7 nitrogen and oxygen atoms in total. The van der Waals surface area contributed by atoms with Crippen LogP contribution in [0.4, 0.5) is 0 Å². The summed E-state index contributed by atoms with van der Waals surface area (Å²) in [6.45, 7) is 4.37. The van der Waals surface area contributed by atoms with Crippen LogP contribution in [0.1, 0.15) is 36.1 Å². The van der Waals surface area contributed by atoms with Gasteiger partial charge in [0.25, 0.3) is 0 Å². The van der Waals surface area contributed by atoms with E-state index in [9.17, 15) is 4.79 Å². The molecule has 138 valence electrons. The molecule has 2 aliphatic rings. The highest BCUT2D eigenvalue weighted by molar-refractivity contribution is 5.77. The summed E-state index contributed by atoms with van der Waals surface area (Å²) in [7, 11) is 0. The van der Waals surface area contributed by atoms with Crippen LogP contribution in [0.3, 0.4) is 0 Å². The highest BCUT2D eigenvalue weighted by atomic mass is 16.5. The second kappa shape index (κ2) is 7.47. The van der Waals surface area contributed by atoms with Crippen molar-refractivity contribution >= 4 is 5.97 Å². The molecule has 2 aromatic rings. The second-order valence-corrected chi connectivity index (χ2v) is 6.70. The average molecular weight is 356 g/mol. The number of hydrazine groups is 1. The van der Waals surface area contributed by atoms with E-state index >= 15 is 0 Å². The number of ether oxygens (including phenoxy) is 2. The number of rotatable bonds is 5. The first kappa shape index (κ1) is 17.1. The maximum absolute atomic E-state index is 12.2. The number of aryl methyl sites for hydroxylation is 1. The topological polar surface area (TPSA) is 77.4 Å². The Morgan fingerprint density at radius 2 is 2.38 bits per heavy atom. The lowest BCUT2D eigenvalue weighted by molar-refractivity contribution is -0.145. The summed E-state index contributed by atoms with van der Waals surface area (Å²) in [5, 5.41) is 0. The lowest BCUT2D eigenvalue weighted by atomic mass is 9.98. The van der Waals surface area contributed by atoms with Gasteiger partial charge in [-0.25, -0.2) is 10.4 Å². The Balaban J connectivity index is 1.54. The quantitative estimate of drug-likeness (QED) is 0.788. The molecule has 1 saturated heterocycles. The zero-order chi connectivity index (χ0) is 17.9. The fraction of sp³-hybridized carbons (Fsp3) is 0.474. The number of carbonyl (C=O) groups excluding carboxylic acids is 1. The van der Waals surface area contributed by atoms with E-state index in [0.717, 1.165) is 30.9 Å². The zero-order valence-corrected chi connectivity index (χ0v) is 14.9. The Morgan fingerprint density at radius 1 is 1.46 bits per heavy atom. The van der Waals surface area contributed by atoms with Gasteiger partial charge in [0.15, 0.2) is 0 Å². The number of esters is 1. The number of hydrogen-bond acceptors (Lipinski definition) is 6. The van der Waals surface area contributed by atoms with E-state index in [1.807, 2.05) is 19.4 Å². The fourth-order valence-electron chi connectivity index (χ4n) is 3.71. The van der Waals surface area contributed by atoms with Crippen LogP contribution in [0.25, 0.3) is 0 Å². The number of carbonyl (C=O) groups is 1. The molecule has 1 aromatic carbocycles. The van der Waals surface area contributed by atoms with Crippen LogP contribution >= 0.6 is 0 Å². The van der Waals surface area contributed by atoms with Gasteiger partial charge in [-0.05, 0) is 37.0 Å².